The van der Waals surface area contributed by atoms with Crippen LogP contribution in [-0.2, 0) is 4.79 Å². The predicted molar refractivity (Wildman–Crippen MR) is 47.5 cm³/mol. The maximum absolute atomic E-state index is 11.4. The molecule has 1 unspecified atom stereocenters. The zero-order valence-electron chi connectivity index (χ0n) is 7.03. The lowest BCUT2D eigenvalue weighted by atomic mass is 9.91. The van der Waals surface area contributed by atoms with Gasteiger partial charge in [0, 0.05) is 7.05 Å². The molecule has 0 saturated carbocycles. The van der Waals surface area contributed by atoms with Crippen molar-refractivity contribution in [3.8, 4) is 0 Å². The van der Waals surface area contributed by atoms with Gasteiger partial charge in [-0.3, -0.25) is 4.79 Å². The van der Waals surface area contributed by atoms with Crippen LogP contribution in [0.4, 0.5) is 0 Å². The van der Waals surface area contributed by atoms with Crippen LogP contribution in [0.2, 0.25) is 0 Å². The van der Waals surface area contributed by atoms with Gasteiger partial charge in [-0.1, -0.05) is 12.2 Å². The lowest BCUT2D eigenvalue weighted by Gasteiger charge is -2.31. The molecule has 1 aliphatic heterocycles. The fourth-order valence-electron chi connectivity index (χ4n) is 1.71. The number of hydrogen-bond donors (Lipinski definition) is 0. The average Bonchev–Trinajstić information content (AvgIpc) is 2.04. The van der Waals surface area contributed by atoms with Crippen molar-refractivity contribution in [1.29, 1.82) is 0 Å². The molecule has 0 radical (unpaired) electrons. The van der Waals surface area contributed by atoms with Crippen LogP contribution in [0, 0.1) is 0 Å². The molecule has 1 heterocycles. The van der Waals surface area contributed by atoms with E-state index in [1.54, 1.807) is 6.08 Å². The molecule has 2 rings (SSSR count). The number of ketones is 1. The summed E-state index contributed by atoms with van der Waals surface area (Å²) in [6.07, 6.45) is 10.5. The van der Waals surface area contributed by atoms with E-state index in [-0.39, 0.29) is 11.8 Å². The van der Waals surface area contributed by atoms with E-state index in [1.165, 1.54) is 5.57 Å². The molecule has 0 aromatic carbocycles. The van der Waals surface area contributed by atoms with E-state index in [0.29, 0.717) is 0 Å². The maximum Gasteiger partial charge on any atom is 0.181 e. The highest BCUT2D eigenvalue weighted by Gasteiger charge is 2.26. The molecule has 0 spiro atoms. The Hall–Kier alpha value is -1.31. The number of allylic oxidation sites excluding steroid dienone is 3. The molecule has 0 amide bonds. The van der Waals surface area contributed by atoms with Gasteiger partial charge in [0.15, 0.2) is 5.78 Å². The van der Waals surface area contributed by atoms with Crippen molar-refractivity contribution < 1.29 is 4.79 Å². The van der Waals surface area contributed by atoms with Crippen LogP contribution in [0.25, 0.3) is 0 Å². The van der Waals surface area contributed by atoms with Crippen LogP contribution in [0.5, 0.6) is 0 Å². The minimum absolute atomic E-state index is 0.0278. The number of hydrogen-bond acceptors (Lipinski definition) is 2. The molecule has 0 aromatic rings. The highest BCUT2D eigenvalue weighted by atomic mass is 16.1. The average molecular weight is 161 g/mol. The number of likely N-dealkylation sites (N-methyl/N-ethyl adjacent to an activating group) is 1. The van der Waals surface area contributed by atoms with Gasteiger partial charge >= 0.3 is 0 Å². The smallest absolute Gasteiger partial charge is 0.181 e. The van der Waals surface area contributed by atoms with Crippen LogP contribution in [0.1, 0.15) is 6.42 Å². The Morgan fingerprint density at radius 2 is 2.42 bits per heavy atom. The van der Waals surface area contributed by atoms with E-state index in [2.05, 4.69) is 0 Å². The van der Waals surface area contributed by atoms with Crippen LogP contribution >= 0.6 is 0 Å². The fourth-order valence-corrected chi connectivity index (χ4v) is 1.71. The number of carbonyl (C=O) groups excluding carboxylic acids is 1. The summed E-state index contributed by atoms with van der Waals surface area (Å²) < 4.78 is 0. The van der Waals surface area contributed by atoms with Crippen molar-refractivity contribution in [3.63, 3.8) is 0 Å². The standard InChI is InChI=1S/C10H11NO/c1-11-7-3-5-8-4-2-6-9(12)10(8)11/h2-3,5-7,10H,4H2,1H3. The zero-order valence-corrected chi connectivity index (χ0v) is 7.03. The Bertz CT molecular complexity index is 299. The van der Waals surface area contributed by atoms with Crippen LogP contribution in [0.3, 0.4) is 0 Å². The Morgan fingerprint density at radius 1 is 1.58 bits per heavy atom. The monoisotopic (exact) mass is 161 g/mol. The SMILES string of the molecule is CN1C=CC=C2CC=CC(=O)C21. The summed E-state index contributed by atoms with van der Waals surface area (Å²) in [7, 11) is 1.94. The van der Waals surface area contributed by atoms with Crippen molar-refractivity contribution in [2.75, 3.05) is 7.05 Å². The summed E-state index contributed by atoms with van der Waals surface area (Å²) in [4.78, 5) is 13.4. The Labute approximate surface area is 71.9 Å². The lowest BCUT2D eigenvalue weighted by Crippen LogP contribution is -2.38. The molecule has 0 N–H and O–H groups in total. The molecular weight excluding hydrogens is 150 g/mol. The highest BCUT2D eigenvalue weighted by Crippen LogP contribution is 2.23. The molecule has 1 aliphatic carbocycles. The first-order chi connectivity index (χ1) is 5.79. The predicted octanol–water partition coefficient (Wildman–Crippen LogP) is 1.27. The van der Waals surface area contributed by atoms with Gasteiger partial charge in [-0.2, -0.15) is 0 Å². The summed E-state index contributed by atoms with van der Waals surface area (Å²) >= 11 is 0. The lowest BCUT2D eigenvalue weighted by molar-refractivity contribution is -0.117. The van der Waals surface area contributed by atoms with E-state index >= 15 is 0 Å². The second kappa shape index (κ2) is 2.63. The summed E-state index contributed by atoms with van der Waals surface area (Å²) in [6, 6.07) is -0.0278. The van der Waals surface area contributed by atoms with Crippen molar-refractivity contribution in [2.24, 2.45) is 0 Å². The third-order valence-corrected chi connectivity index (χ3v) is 2.30. The topological polar surface area (TPSA) is 20.3 Å². The van der Waals surface area contributed by atoms with Crippen LogP contribution in [0.15, 0.2) is 36.1 Å². The second-order valence-electron chi connectivity index (χ2n) is 3.16. The molecular formula is C10H11NO. The molecule has 2 heteroatoms. The number of rotatable bonds is 0. The summed E-state index contributed by atoms with van der Waals surface area (Å²) in [5.74, 6) is 0.194. The van der Waals surface area contributed by atoms with Gasteiger partial charge in [0.25, 0.3) is 0 Å². The summed E-state index contributed by atoms with van der Waals surface area (Å²) in [6.45, 7) is 0. The third-order valence-electron chi connectivity index (χ3n) is 2.30. The van der Waals surface area contributed by atoms with Crippen LogP contribution < -0.4 is 0 Å². The molecule has 0 fully saturated rings. The van der Waals surface area contributed by atoms with Gasteiger partial charge < -0.3 is 4.90 Å². The number of carbonyl (C=O) groups is 1. The molecule has 62 valence electrons. The van der Waals surface area contributed by atoms with Crippen molar-refractivity contribution in [1.82, 2.24) is 4.90 Å². The van der Waals surface area contributed by atoms with Gasteiger partial charge in [-0.25, -0.2) is 0 Å². The van der Waals surface area contributed by atoms with E-state index < -0.39 is 0 Å². The molecule has 12 heavy (non-hydrogen) atoms. The minimum atomic E-state index is -0.0278. The van der Waals surface area contributed by atoms with Crippen molar-refractivity contribution in [2.45, 2.75) is 12.5 Å². The molecule has 0 saturated heterocycles. The molecule has 0 aromatic heterocycles. The Kier molecular flexibility index (Phi) is 1.61. The van der Waals surface area contributed by atoms with Gasteiger partial charge in [0.1, 0.15) is 6.04 Å². The highest BCUT2D eigenvalue weighted by molar-refractivity contribution is 5.98. The van der Waals surface area contributed by atoms with Crippen molar-refractivity contribution in [3.05, 3.63) is 36.1 Å². The van der Waals surface area contributed by atoms with E-state index in [0.717, 1.165) is 6.42 Å². The van der Waals surface area contributed by atoms with Crippen molar-refractivity contribution >= 4 is 5.78 Å². The first kappa shape index (κ1) is 7.35. The molecule has 0 bridgehead atoms. The molecule has 2 nitrogen and oxygen atoms in total. The second-order valence-corrected chi connectivity index (χ2v) is 3.16. The number of fused-ring (bicyclic) bond motifs is 1. The quantitative estimate of drug-likeness (QED) is 0.533. The minimum Gasteiger partial charge on any atom is -0.367 e. The van der Waals surface area contributed by atoms with Gasteiger partial charge in [-0.05, 0) is 30.3 Å². The largest absolute Gasteiger partial charge is 0.367 e. The summed E-state index contributed by atoms with van der Waals surface area (Å²) in [5.41, 5.74) is 1.20. The Morgan fingerprint density at radius 3 is 3.17 bits per heavy atom. The fraction of sp³-hybridized carbons (Fsp3) is 0.300. The van der Waals surface area contributed by atoms with E-state index in [1.807, 2.05) is 36.4 Å². The maximum atomic E-state index is 11.4. The molecule has 2 aliphatic rings. The van der Waals surface area contributed by atoms with E-state index in [9.17, 15) is 4.79 Å². The first-order valence-corrected chi connectivity index (χ1v) is 4.08. The van der Waals surface area contributed by atoms with Gasteiger partial charge in [0.05, 0.1) is 0 Å². The number of nitrogens with zero attached hydrogens (tertiary/aromatic N) is 1. The van der Waals surface area contributed by atoms with E-state index in [4.69, 9.17) is 0 Å². The van der Waals surface area contributed by atoms with Gasteiger partial charge in [-0.15, -0.1) is 0 Å². The third kappa shape index (κ3) is 0.998. The zero-order chi connectivity index (χ0) is 8.55. The first-order valence-electron chi connectivity index (χ1n) is 4.08. The van der Waals surface area contributed by atoms with Gasteiger partial charge in [0.2, 0.25) is 0 Å². The van der Waals surface area contributed by atoms with Crippen LogP contribution in [-0.4, -0.2) is 23.8 Å². The summed E-state index contributed by atoms with van der Waals surface area (Å²) in [5, 5.41) is 0. The Balaban J connectivity index is 2.38. The molecule has 1 atom stereocenters. The normalized spacial score (nSPS) is 27.1.